The number of hydrogen-bond donors (Lipinski definition) is 0. The Morgan fingerprint density at radius 3 is 0.714 bits per heavy atom. The Morgan fingerprint density at radius 1 is 0.333 bits per heavy atom. The molecule has 0 amide bonds. The zero-order valence-electron chi connectivity index (χ0n) is 12.8. The third kappa shape index (κ3) is 1.03. The molecule has 6 aliphatic rings. The maximum Gasteiger partial charge on any atom is -0.0150 e. The van der Waals surface area contributed by atoms with E-state index in [-0.39, 0.29) is 0 Å². The highest BCUT2D eigenvalue weighted by Crippen LogP contribution is 2.69. The highest BCUT2D eigenvalue weighted by Gasteiger charge is 2.53. The molecule has 3 fully saturated rings. The van der Waals surface area contributed by atoms with Gasteiger partial charge in [-0.25, -0.2) is 0 Å². The van der Waals surface area contributed by atoms with Gasteiger partial charge in [-0.3, -0.25) is 0 Å². The minimum atomic E-state index is 0.988. The molecule has 6 bridgehead atoms. The van der Waals surface area contributed by atoms with Crippen molar-refractivity contribution in [2.45, 2.75) is 93.3 Å². The van der Waals surface area contributed by atoms with Crippen LogP contribution in [-0.4, -0.2) is 0 Å². The summed E-state index contributed by atoms with van der Waals surface area (Å²) in [6, 6.07) is 0. The summed E-state index contributed by atoms with van der Waals surface area (Å²) in [5, 5.41) is 0. The summed E-state index contributed by atoms with van der Waals surface area (Å²) < 4.78 is 0. The van der Waals surface area contributed by atoms with Crippen LogP contribution in [0, 0.1) is 0 Å². The molecule has 7 rings (SSSR count). The Labute approximate surface area is 127 Å². The first-order chi connectivity index (χ1) is 10.4. The molecule has 6 aliphatic carbocycles. The zero-order valence-corrected chi connectivity index (χ0v) is 12.8. The predicted octanol–water partition coefficient (Wildman–Crippen LogP) is 5.78. The van der Waals surface area contributed by atoms with Crippen LogP contribution in [0.4, 0.5) is 0 Å². The highest BCUT2D eigenvalue weighted by atomic mass is 14.6. The number of hydrogen-bond acceptors (Lipinski definition) is 0. The van der Waals surface area contributed by atoms with Crippen molar-refractivity contribution in [3.05, 3.63) is 33.4 Å². The second-order valence-electron chi connectivity index (χ2n) is 9.10. The van der Waals surface area contributed by atoms with Gasteiger partial charge in [0.05, 0.1) is 0 Å². The van der Waals surface area contributed by atoms with Crippen molar-refractivity contribution >= 4 is 0 Å². The fraction of sp³-hybridized carbons (Fsp3) is 0.714. The maximum atomic E-state index is 1.97. The molecule has 0 aromatic heterocycles. The SMILES string of the molecule is C1CC2CC1c1c3c(c4c(c12)C1CCC4C1)C1CCC3C1. The van der Waals surface area contributed by atoms with Crippen LogP contribution in [-0.2, 0) is 0 Å². The molecule has 6 atom stereocenters. The molecule has 0 heterocycles. The van der Waals surface area contributed by atoms with Crippen molar-refractivity contribution in [3.8, 4) is 0 Å². The molecule has 0 aliphatic heterocycles. The van der Waals surface area contributed by atoms with E-state index in [0.29, 0.717) is 0 Å². The lowest BCUT2D eigenvalue weighted by Gasteiger charge is -2.32. The Hall–Kier alpha value is -0.780. The van der Waals surface area contributed by atoms with E-state index in [0.717, 1.165) is 35.5 Å². The molecule has 21 heavy (non-hydrogen) atoms. The summed E-state index contributed by atoms with van der Waals surface area (Å²) >= 11 is 0. The molecule has 0 heteroatoms. The van der Waals surface area contributed by atoms with E-state index in [1.807, 2.05) is 33.4 Å². The van der Waals surface area contributed by atoms with E-state index in [2.05, 4.69) is 0 Å². The van der Waals surface area contributed by atoms with Crippen LogP contribution in [0.3, 0.4) is 0 Å². The molecule has 1 aromatic carbocycles. The number of rotatable bonds is 0. The first-order valence-corrected chi connectivity index (χ1v) is 9.63. The minimum absolute atomic E-state index is 0.988. The van der Waals surface area contributed by atoms with Gasteiger partial charge in [0.1, 0.15) is 0 Å². The molecule has 3 saturated carbocycles. The number of fused-ring (bicyclic) bond motifs is 18. The lowest BCUT2D eigenvalue weighted by molar-refractivity contribution is 0.633. The molecule has 108 valence electrons. The maximum absolute atomic E-state index is 1.97. The molecular weight excluding hydrogens is 252 g/mol. The quantitative estimate of drug-likeness (QED) is 0.563. The zero-order chi connectivity index (χ0) is 13.3. The van der Waals surface area contributed by atoms with Gasteiger partial charge in [-0.15, -0.1) is 0 Å². The van der Waals surface area contributed by atoms with Crippen LogP contribution in [0.15, 0.2) is 0 Å². The van der Waals surface area contributed by atoms with Crippen LogP contribution in [0.5, 0.6) is 0 Å². The van der Waals surface area contributed by atoms with E-state index in [1.165, 1.54) is 57.8 Å². The van der Waals surface area contributed by atoms with Crippen molar-refractivity contribution < 1.29 is 0 Å². The summed E-state index contributed by atoms with van der Waals surface area (Å²) in [5.41, 5.74) is 11.8. The molecule has 1 aromatic rings. The van der Waals surface area contributed by atoms with Gasteiger partial charge in [-0.1, -0.05) is 0 Å². The molecule has 0 nitrogen and oxygen atoms in total. The van der Waals surface area contributed by atoms with Gasteiger partial charge in [-0.05, 0) is 127 Å². The van der Waals surface area contributed by atoms with Crippen molar-refractivity contribution in [2.75, 3.05) is 0 Å². The summed E-state index contributed by atoms with van der Waals surface area (Å²) in [6.07, 6.45) is 13.7. The van der Waals surface area contributed by atoms with Crippen LogP contribution in [0.25, 0.3) is 0 Å². The van der Waals surface area contributed by atoms with E-state index in [1.54, 1.807) is 0 Å². The summed E-state index contributed by atoms with van der Waals surface area (Å²) in [7, 11) is 0. The van der Waals surface area contributed by atoms with E-state index in [9.17, 15) is 0 Å². The number of benzene rings is 1. The van der Waals surface area contributed by atoms with Crippen LogP contribution in [0.1, 0.15) is 127 Å². The van der Waals surface area contributed by atoms with Gasteiger partial charge >= 0.3 is 0 Å². The normalized spacial score (nSPS) is 46.3. The largest absolute Gasteiger partial charge is 0.0457 e. The second kappa shape index (κ2) is 3.26. The van der Waals surface area contributed by atoms with E-state index in [4.69, 9.17) is 0 Å². The molecule has 6 unspecified atom stereocenters. The monoisotopic (exact) mass is 276 g/mol. The van der Waals surface area contributed by atoms with Gasteiger partial charge < -0.3 is 0 Å². The molecule has 0 N–H and O–H groups in total. The average molecular weight is 276 g/mol. The Bertz CT molecular complexity index is 525. The van der Waals surface area contributed by atoms with Gasteiger partial charge in [0.25, 0.3) is 0 Å². The van der Waals surface area contributed by atoms with E-state index >= 15 is 0 Å². The third-order valence-corrected chi connectivity index (χ3v) is 8.49. The predicted molar refractivity (Wildman–Crippen MR) is 84.4 cm³/mol. The first-order valence-electron chi connectivity index (χ1n) is 9.63. The Kier molecular flexibility index (Phi) is 1.69. The topological polar surface area (TPSA) is 0 Å². The minimum Gasteiger partial charge on any atom is -0.0457 e. The third-order valence-electron chi connectivity index (χ3n) is 8.49. The van der Waals surface area contributed by atoms with Crippen LogP contribution in [0.2, 0.25) is 0 Å². The molecule has 0 radical (unpaired) electrons. The van der Waals surface area contributed by atoms with Gasteiger partial charge in [0.15, 0.2) is 0 Å². The smallest absolute Gasteiger partial charge is 0.0150 e. The summed E-state index contributed by atoms with van der Waals surface area (Å²) in [4.78, 5) is 0. The fourth-order valence-corrected chi connectivity index (χ4v) is 8.03. The lowest BCUT2D eigenvalue weighted by atomic mass is 9.72. The highest BCUT2D eigenvalue weighted by molar-refractivity contribution is 5.66. The van der Waals surface area contributed by atoms with Crippen molar-refractivity contribution in [1.82, 2.24) is 0 Å². The van der Waals surface area contributed by atoms with Crippen LogP contribution < -0.4 is 0 Å². The Balaban J connectivity index is 1.65. The summed E-state index contributed by atoms with van der Waals surface area (Å²) in [5.74, 6) is 5.93. The van der Waals surface area contributed by atoms with Crippen LogP contribution >= 0.6 is 0 Å². The Morgan fingerprint density at radius 2 is 0.524 bits per heavy atom. The standard InChI is InChI=1S/C21H24/c1-2-11-7-10(1)16-17(11)19-13-5-6-15(9-13)21(19)20-14-4-3-12(8-14)18(16)20/h10-15H,1-9H2. The van der Waals surface area contributed by atoms with Crippen molar-refractivity contribution in [3.63, 3.8) is 0 Å². The molecular formula is C21H24. The van der Waals surface area contributed by atoms with Gasteiger partial charge in [0.2, 0.25) is 0 Å². The average Bonchev–Trinajstić information content (AvgIpc) is 3.34. The molecule has 0 saturated heterocycles. The fourth-order valence-electron chi connectivity index (χ4n) is 8.03. The lowest BCUT2D eigenvalue weighted by Crippen LogP contribution is -2.16. The van der Waals surface area contributed by atoms with E-state index < -0.39 is 0 Å². The van der Waals surface area contributed by atoms with Crippen molar-refractivity contribution in [1.29, 1.82) is 0 Å². The van der Waals surface area contributed by atoms with Gasteiger partial charge in [-0.2, -0.15) is 0 Å². The molecule has 0 spiro atoms. The second-order valence-corrected chi connectivity index (χ2v) is 9.10. The summed E-state index contributed by atoms with van der Waals surface area (Å²) in [6.45, 7) is 0. The van der Waals surface area contributed by atoms with Gasteiger partial charge in [0, 0.05) is 0 Å². The first kappa shape index (κ1) is 10.9. The van der Waals surface area contributed by atoms with Crippen molar-refractivity contribution in [2.24, 2.45) is 0 Å².